The fourth-order valence-electron chi connectivity index (χ4n) is 2.84. The number of nitrogens with one attached hydrogen (secondary N) is 2. The molecule has 0 aromatic heterocycles. The van der Waals surface area contributed by atoms with Crippen molar-refractivity contribution in [2.75, 3.05) is 7.11 Å². The van der Waals surface area contributed by atoms with Gasteiger partial charge in [0, 0.05) is 17.9 Å². The summed E-state index contributed by atoms with van der Waals surface area (Å²) in [7, 11) is 1.58. The zero-order valence-electron chi connectivity index (χ0n) is 11.9. The van der Waals surface area contributed by atoms with Gasteiger partial charge in [-0.15, -0.1) is 0 Å². The van der Waals surface area contributed by atoms with Crippen LogP contribution in [0.1, 0.15) is 18.4 Å². The van der Waals surface area contributed by atoms with Crippen LogP contribution in [-0.4, -0.2) is 24.5 Å². The normalized spacial score (nSPS) is 26.1. The molecule has 0 radical (unpaired) electrons. The number of hydrogen-bond donors (Lipinski definition) is 3. The number of nitriles is 2. The van der Waals surface area contributed by atoms with Crippen LogP contribution in [0.4, 0.5) is 0 Å². The lowest BCUT2D eigenvalue weighted by Crippen LogP contribution is -2.34. The van der Waals surface area contributed by atoms with E-state index in [1.807, 2.05) is 31.2 Å². The van der Waals surface area contributed by atoms with Crippen LogP contribution in [0.25, 0.3) is 0 Å². The first kappa shape index (κ1) is 15.3. The summed E-state index contributed by atoms with van der Waals surface area (Å²) in [5.74, 6) is -0.789. The molecule has 1 aromatic rings. The van der Waals surface area contributed by atoms with Crippen LogP contribution in [0.2, 0.25) is 0 Å². The number of hydrazine groups is 1. The molecular formula is C15H18N4O2. The second kappa shape index (κ2) is 6.55. The van der Waals surface area contributed by atoms with Gasteiger partial charge in [0.2, 0.25) is 0 Å². The predicted octanol–water partition coefficient (Wildman–Crippen LogP) is 0.873. The zero-order valence-corrected chi connectivity index (χ0v) is 11.9. The summed E-state index contributed by atoms with van der Waals surface area (Å²) in [5, 5.41) is 28.7. The summed E-state index contributed by atoms with van der Waals surface area (Å²) < 4.78 is 5.13. The van der Waals surface area contributed by atoms with Crippen molar-refractivity contribution in [2.24, 2.45) is 11.8 Å². The van der Waals surface area contributed by atoms with Gasteiger partial charge in [0.25, 0.3) is 0 Å². The molecule has 4 unspecified atom stereocenters. The van der Waals surface area contributed by atoms with Crippen molar-refractivity contribution in [1.29, 1.82) is 10.5 Å². The van der Waals surface area contributed by atoms with E-state index >= 15 is 0 Å². The van der Waals surface area contributed by atoms with Crippen molar-refractivity contribution in [3.8, 4) is 17.9 Å². The maximum absolute atomic E-state index is 10.1. The Morgan fingerprint density at radius 1 is 1.19 bits per heavy atom. The average Bonchev–Trinajstić information content (AvgIpc) is 2.84. The Morgan fingerprint density at radius 3 is 2.24 bits per heavy atom. The lowest BCUT2D eigenvalue weighted by molar-refractivity contribution is 0.0894. The number of ether oxygens (including phenoxy) is 1. The largest absolute Gasteiger partial charge is 0.497 e. The summed E-state index contributed by atoms with van der Waals surface area (Å²) in [6.45, 7) is 1.91. The van der Waals surface area contributed by atoms with E-state index in [-0.39, 0.29) is 12.0 Å². The van der Waals surface area contributed by atoms with E-state index in [0.29, 0.717) is 5.75 Å². The first-order valence-corrected chi connectivity index (χ1v) is 6.74. The smallest absolute Gasteiger partial charge is 0.140 e. The Morgan fingerprint density at radius 2 is 1.81 bits per heavy atom. The molecule has 0 saturated carbocycles. The molecule has 0 bridgehead atoms. The van der Waals surface area contributed by atoms with Crippen LogP contribution in [0.15, 0.2) is 24.3 Å². The summed E-state index contributed by atoms with van der Waals surface area (Å²) in [6, 6.07) is 11.3. The minimum Gasteiger partial charge on any atom is -0.497 e. The Bertz CT molecular complexity index is 537. The van der Waals surface area contributed by atoms with Crippen LogP contribution in [0.3, 0.4) is 0 Å². The summed E-state index contributed by atoms with van der Waals surface area (Å²) in [4.78, 5) is 0. The topological polar surface area (TPSA) is 101 Å². The van der Waals surface area contributed by atoms with Crippen molar-refractivity contribution in [3.05, 3.63) is 29.8 Å². The Balaban J connectivity index is 2.40. The lowest BCUT2D eigenvalue weighted by Gasteiger charge is -2.29. The Hall–Kier alpha value is -2.12. The highest BCUT2D eigenvalue weighted by Gasteiger charge is 2.42. The van der Waals surface area contributed by atoms with Gasteiger partial charge in [0.1, 0.15) is 17.9 Å². The maximum atomic E-state index is 10.1. The molecule has 0 aliphatic carbocycles. The Kier molecular flexibility index (Phi) is 4.77. The molecular weight excluding hydrogens is 268 g/mol. The number of hydrogen-bond acceptors (Lipinski definition) is 6. The fourth-order valence-corrected chi connectivity index (χ4v) is 2.84. The van der Waals surface area contributed by atoms with Crippen molar-refractivity contribution < 1.29 is 9.84 Å². The van der Waals surface area contributed by atoms with Crippen LogP contribution in [0, 0.1) is 34.5 Å². The van der Waals surface area contributed by atoms with Gasteiger partial charge >= 0.3 is 0 Å². The highest BCUT2D eigenvalue weighted by molar-refractivity contribution is 5.33. The lowest BCUT2D eigenvalue weighted by atomic mass is 9.75. The summed E-state index contributed by atoms with van der Waals surface area (Å²) in [6.07, 6.45) is -0.809. The molecule has 0 amide bonds. The van der Waals surface area contributed by atoms with E-state index in [2.05, 4.69) is 10.9 Å². The highest BCUT2D eigenvalue weighted by atomic mass is 16.5. The van der Waals surface area contributed by atoms with E-state index < -0.39 is 18.1 Å². The predicted molar refractivity (Wildman–Crippen MR) is 75.7 cm³/mol. The number of nitrogens with zero attached hydrogens (tertiary/aromatic N) is 2. The SMILES string of the molecule is COc1ccc(C(C(C#N)C#N)C2C(C)NNC2O)cc1. The number of methoxy groups -OCH3 is 1. The standard InChI is InChI=1S/C15H18N4O2/c1-9-13(15(20)19-18-9)14(11(7-16)8-17)10-3-5-12(21-2)6-4-10/h3-6,9,11,13-15,18-20H,1-2H3. The van der Waals surface area contributed by atoms with Crippen LogP contribution in [-0.2, 0) is 0 Å². The van der Waals surface area contributed by atoms with Crippen LogP contribution < -0.4 is 15.6 Å². The first-order chi connectivity index (χ1) is 10.1. The quantitative estimate of drug-likeness (QED) is 0.759. The Labute approximate surface area is 123 Å². The second-order valence-corrected chi connectivity index (χ2v) is 5.13. The maximum Gasteiger partial charge on any atom is 0.140 e. The molecule has 1 aliphatic heterocycles. The van der Waals surface area contributed by atoms with Crippen LogP contribution in [0.5, 0.6) is 5.75 Å². The van der Waals surface area contributed by atoms with Crippen LogP contribution >= 0.6 is 0 Å². The molecule has 1 aromatic carbocycles. The van der Waals surface area contributed by atoms with Crippen molar-refractivity contribution >= 4 is 0 Å². The molecule has 1 fully saturated rings. The minimum absolute atomic E-state index is 0.0590. The molecule has 3 N–H and O–H groups in total. The second-order valence-electron chi connectivity index (χ2n) is 5.13. The number of rotatable bonds is 4. The van der Waals surface area contributed by atoms with E-state index in [9.17, 15) is 15.6 Å². The van der Waals surface area contributed by atoms with Gasteiger partial charge in [0.15, 0.2) is 0 Å². The molecule has 110 valence electrons. The molecule has 6 heteroatoms. The van der Waals surface area contributed by atoms with Gasteiger partial charge in [-0.2, -0.15) is 10.5 Å². The summed E-state index contributed by atoms with van der Waals surface area (Å²) >= 11 is 0. The minimum atomic E-state index is -0.831. The van der Waals surface area contributed by atoms with Gasteiger partial charge < -0.3 is 9.84 Å². The number of aliphatic hydroxyl groups excluding tert-OH is 1. The first-order valence-electron chi connectivity index (χ1n) is 6.74. The van der Waals surface area contributed by atoms with Gasteiger partial charge in [-0.05, 0) is 24.6 Å². The highest BCUT2D eigenvalue weighted by Crippen LogP contribution is 2.37. The monoisotopic (exact) mass is 286 g/mol. The van der Waals surface area contributed by atoms with E-state index in [1.165, 1.54) is 0 Å². The molecule has 2 rings (SSSR count). The van der Waals surface area contributed by atoms with Crippen molar-refractivity contribution in [1.82, 2.24) is 10.9 Å². The van der Waals surface area contributed by atoms with Crippen molar-refractivity contribution in [2.45, 2.75) is 25.1 Å². The van der Waals surface area contributed by atoms with Gasteiger partial charge in [-0.1, -0.05) is 12.1 Å². The van der Waals surface area contributed by atoms with E-state index in [0.717, 1.165) is 5.56 Å². The zero-order chi connectivity index (χ0) is 15.4. The van der Waals surface area contributed by atoms with Crippen molar-refractivity contribution in [3.63, 3.8) is 0 Å². The summed E-state index contributed by atoms with van der Waals surface area (Å²) in [5.41, 5.74) is 6.55. The molecule has 21 heavy (non-hydrogen) atoms. The fraction of sp³-hybridized carbons (Fsp3) is 0.467. The molecule has 1 saturated heterocycles. The number of aliphatic hydroxyl groups is 1. The van der Waals surface area contributed by atoms with Gasteiger partial charge in [0.05, 0.1) is 19.2 Å². The van der Waals surface area contributed by atoms with Gasteiger partial charge in [-0.25, -0.2) is 5.43 Å². The molecule has 1 heterocycles. The third-order valence-electron chi connectivity index (χ3n) is 3.95. The van der Waals surface area contributed by atoms with E-state index in [1.54, 1.807) is 19.2 Å². The molecule has 1 aliphatic rings. The molecule has 0 spiro atoms. The third-order valence-corrected chi connectivity index (χ3v) is 3.95. The molecule has 4 atom stereocenters. The number of benzene rings is 1. The third kappa shape index (κ3) is 2.98. The average molecular weight is 286 g/mol. The van der Waals surface area contributed by atoms with Gasteiger partial charge in [-0.3, -0.25) is 5.43 Å². The van der Waals surface area contributed by atoms with E-state index in [4.69, 9.17) is 4.74 Å². The molecule has 6 nitrogen and oxygen atoms in total.